The smallest absolute Gasteiger partial charge is 0.124 e. The third kappa shape index (κ3) is 2.54. The van der Waals surface area contributed by atoms with Gasteiger partial charge in [-0.1, -0.05) is 15.9 Å². The molecule has 2 atom stereocenters. The molecule has 1 aromatic heterocycles. The second-order valence-corrected chi connectivity index (χ2v) is 6.21. The van der Waals surface area contributed by atoms with Gasteiger partial charge in [0.15, 0.2) is 0 Å². The molecular formula is C14H16BrClN2O. The van der Waals surface area contributed by atoms with Gasteiger partial charge in [0.2, 0.25) is 0 Å². The van der Waals surface area contributed by atoms with Crippen LogP contribution in [0.2, 0.25) is 0 Å². The highest BCUT2D eigenvalue weighted by Crippen LogP contribution is 2.27. The van der Waals surface area contributed by atoms with Gasteiger partial charge >= 0.3 is 0 Å². The number of ether oxygens (including phenoxy) is 1. The van der Waals surface area contributed by atoms with Crippen molar-refractivity contribution in [3.8, 4) is 0 Å². The van der Waals surface area contributed by atoms with E-state index >= 15 is 0 Å². The van der Waals surface area contributed by atoms with E-state index in [4.69, 9.17) is 16.3 Å². The van der Waals surface area contributed by atoms with Crippen LogP contribution in [0.25, 0.3) is 11.0 Å². The molecule has 1 saturated heterocycles. The lowest BCUT2D eigenvalue weighted by Gasteiger charge is -2.16. The Morgan fingerprint density at radius 2 is 2.37 bits per heavy atom. The minimum atomic E-state index is 0.313. The number of hydrogen-bond acceptors (Lipinski definition) is 2. The van der Waals surface area contributed by atoms with Crippen molar-refractivity contribution in [1.82, 2.24) is 9.55 Å². The Morgan fingerprint density at radius 1 is 1.53 bits per heavy atom. The Labute approximate surface area is 126 Å². The molecule has 2 unspecified atom stereocenters. The largest absolute Gasteiger partial charge is 0.378 e. The van der Waals surface area contributed by atoms with E-state index in [9.17, 15) is 0 Å². The topological polar surface area (TPSA) is 27.1 Å². The van der Waals surface area contributed by atoms with Gasteiger partial charge in [-0.2, -0.15) is 0 Å². The highest BCUT2D eigenvalue weighted by atomic mass is 79.9. The molecule has 0 aliphatic carbocycles. The van der Waals surface area contributed by atoms with E-state index in [1.807, 2.05) is 12.1 Å². The van der Waals surface area contributed by atoms with Gasteiger partial charge in [-0.25, -0.2) is 4.98 Å². The van der Waals surface area contributed by atoms with Crippen molar-refractivity contribution in [2.75, 3.05) is 6.61 Å². The molecule has 5 heteroatoms. The van der Waals surface area contributed by atoms with Crippen LogP contribution in [-0.2, 0) is 17.2 Å². The Balaban J connectivity index is 2.02. The maximum atomic E-state index is 6.04. The van der Waals surface area contributed by atoms with Crippen molar-refractivity contribution < 1.29 is 4.74 Å². The predicted octanol–water partition coefficient (Wildman–Crippen LogP) is 3.96. The summed E-state index contributed by atoms with van der Waals surface area (Å²) in [6.45, 7) is 3.93. The molecule has 2 heterocycles. The predicted molar refractivity (Wildman–Crippen MR) is 80.5 cm³/mol. The van der Waals surface area contributed by atoms with Crippen molar-refractivity contribution >= 4 is 38.6 Å². The lowest BCUT2D eigenvalue weighted by molar-refractivity contribution is 0.102. The SMILES string of the molecule is CC1OCCC1Cn1c(CCl)nc2ccc(Br)cc21. The number of halogens is 2. The number of imidazole rings is 1. The number of rotatable bonds is 3. The fourth-order valence-electron chi connectivity index (χ4n) is 2.70. The summed E-state index contributed by atoms with van der Waals surface area (Å²) >= 11 is 9.56. The number of fused-ring (bicyclic) bond motifs is 1. The first-order chi connectivity index (χ1) is 9.19. The summed E-state index contributed by atoms with van der Waals surface area (Å²) in [6.07, 6.45) is 1.42. The number of nitrogens with zero attached hydrogens (tertiary/aromatic N) is 2. The molecule has 0 bridgehead atoms. The molecule has 1 fully saturated rings. The molecule has 0 N–H and O–H groups in total. The fourth-order valence-corrected chi connectivity index (χ4v) is 3.25. The minimum absolute atomic E-state index is 0.313. The highest BCUT2D eigenvalue weighted by Gasteiger charge is 2.26. The van der Waals surface area contributed by atoms with Crippen molar-refractivity contribution in [2.45, 2.75) is 31.9 Å². The standard InChI is InChI=1S/C14H16BrClN2O/c1-9-10(4-5-19-9)8-18-13-6-11(15)2-3-12(13)17-14(18)7-16/h2-3,6,9-10H,4-5,7-8H2,1H3. The van der Waals surface area contributed by atoms with Gasteiger partial charge in [0.25, 0.3) is 0 Å². The summed E-state index contributed by atoms with van der Waals surface area (Å²) in [5.74, 6) is 1.92. The van der Waals surface area contributed by atoms with Gasteiger partial charge < -0.3 is 9.30 Å². The lowest BCUT2D eigenvalue weighted by Crippen LogP contribution is -2.19. The van der Waals surface area contributed by atoms with E-state index in [-0.39, 0.29) is 0 Å². The molecule has 1 aliphatic rings. The quantitative estimate of drug-likeness (QED) is 0.789. The van der Waals surface area contributed by atoms with Crippen LogP contribution in [0.5, 0.6) is 0 Å². The van der Waals surface area contributed by atoms with E-state index in [1.54, 1.807) is 0 Å². The van der Waals surface area contributed by atoms with Crippen LogP contribution in [0.1, 0.15) is 19.2 Å². The zero-order valence-electron chi connectivity index (χ0n) is 10.8. The molecular weight excluding hydrogens is 328 g/mol. The van der Waals surface area contributed by atoms with Crippen molar-refractivity contribution in [1.29, 1.82) is 0 Å². The Morgan fingerprint density at radius 3 is 3.05 bits per heavy atom. The molecule has 102 valence electrons. The average molecular weight is 344 g/mol. The van der Waals surface area contributed by atoms with Gasteiger partial charge in [0.1, 0.15) is 5.82 Å². The summed E-state index contributed by atoms with van der Waals surface area (Å²) in [5, 5.41) is 0. The fraction of sp³-hybridized carbons (Fsp3) is 0.500. The zero-order valence-corrected chi connectivity index (χ0v) is 13.1. The highest BCUT2D eigenvalue weighted by molar-refractivity contribution is 9.10. The second-order valence-electron chi connectivity index (χ2n) is 5.03. The Hall–Kier alpha value is -0.580. The molecule has 19 heavy (non-hydrogen) atoms. The average Bonchev–Trinajstić information content (AvgIpc) is 2.95. The Bertz CT molecular complexity index is 598. The number of alkyl halides is 1. The molecule has 0 spiro atoms. The monoisotopic (exact) mass is 342 g/mol. The summed E-state index contributed by atoms with van der Waals surface area (Å²) in [7, 11) is 0. The summed E-state index contributed by atoms with van der Waals surface area (Å²) in [6, 6.07) is 6.15. The normalized spacial score (nSPS) is 23.3. The molecule has 0 amide bonds. The van der Waals surface area contributed by atoms with Crippen molar-refractivity contribution in [3.63, 3.8) is 0 Å². The van der Waals surface area contributed by atoms with Crippen LogP contribution in [0, 0.1) is 5.92 Å². The van der Waals surface area contributed by atoms with Gasteiger partial charge in [-0.3, -0.25) is 0 Å². The first-order valence-electron chi connectivity index (χ1n) is 6.51. The lowest BCUT2D eigenvalue weighted by atomic mass is 10.0. The molecule has 3 nitrogen and oxygen atoms in total. The maximum Gasteiger partial charge on any atom is 0.124 e. The first-order valence-corrected chi connectivity index (χ1v) is 7.84. The van der Waals surface area contributed by atoms with E-state index in [0.717, 1.165) is 40.9 Å². The summed E-state index contributed by atoms with van der Waals surface area (Å²) in [4.78, 5) is 4.61. The van der Waals surface area contributed by atoms with Crippen LogP contribution < -0.4 is 0 Å². The molecule has 1 aromatic carbocycles. The van der Waals surface area contributed by atoms with Crippen LogP contribution in [0.3, 0.4) is 0 Å². The number of hydrogen-bond donors (Lipinski definition) is 0. The summed E-state index contributed by atoms with van der Waals surface area (Å²) in [5.41, 5.74) is 2.15. The van der Waals surface area contributed by atoms with E-state index in [0.29, 0.717) is 17.9 Å². The molecule has 3 rings (SSSR count). The van der Waals surface area contributed by atoms with Gasteiger partial charge in [0.05, 0.1) is 23.0 Å². The first kappa shape index (κ1) is 13.4. The van der Waals surface area contributed by atoms with Gasteiger partial charge in [-0.05, 0) is 31.5 Å². The van der Waals surface area contributed by atoms with Crippen molar-refractivity contribution in [2.24, 2.45) is 5.92 Å². The van der Waals surface area contributed by atoms with Crippen LogP contribution in [0.4, 0.5) is 0 Å². The minimum Gasteiger partial charge on any atom is -0.378 e. The molecule has 0 radical (unpaired) electrons. The Kier molecular flexibility index (Phi) is 3.83. The summed E-state index contributed by atoms with van der Waals surface area (Å²) < 4.78 is 8.95. The molecule has 0 saturated carbocycles. The van der Waals surface area contributed by atoms with Crippen LogP contribution in [-0.4, -0.2) is 22.3 Å². The van der Waals surface area contributed by atoms with E-state index in [1.165, 1.54) is 0 Å². The molecule has 1 aliphatic heterocycles. The molecule has 2 aromatic rings. The van der Waals surface area contributed by atoms with Gasteiger partial charge in [-0.15, -0.1) is 11.6 Å². The maximum absolute atomic E-state index is 6.04. The third-order valence-corrected chi connectivity index (χ3v) is 4.59. The van der Waals surface area contributed by atoms with E-state index < -0.39 is 0 Å². The van der Waals surface area contributed by atoms with Crippen molar-refractivity contribution in [3.05, 3.63) is 28.5 Å². The zero-order chi connectivity index (χ0) is 13.4. The van der Waals surface area contributed by atoms with Gasteiger partial charge in [0, 0.05) is 23.5 Å². The second kappa shape index (κ2) is 5.43. The van der Waals surface area contributed by atoms with Crippen LogP contribution >= 0.6 is 27.5 Å². The van der Waals surface area contributed by atoms with Crippen LogP contribution in [0.15, 0.2) is 22.7 Å². The number of benzene rings is 1. The van der Waals surface area contributed by atoms with E-state index in [2.05, 4.69) is 38.5 Å². The number of aromatic nitrogens is 2. The third-order valence-electron chi connectivity index (χ3n) is 3.86.